The van der Waals surface area contributed by atoms with E-state index in [4.69, 9.17) is 5.73 Å². The second-order valence-corrected chi connectivity index (χ2v) is 8.64. The van der Waals surface area contributed by atoms with Gasteiger partial charge in [0.15, 0.2) is 0 Å². The zero-order valence-corrected chi connectivity index (χ0v) is 17.3. The van der Waals surface area contributed by atoms with Crippen LogP contribution in [0, 0.1) is 0 Å². The molecule has 3 N–H and O–H groups in total. The van der Waals surface area contributed by atoms with Crippen molar-refractivity contribution in [1.29, 1.82) is 0 Å². The lowest BCUT2D eigenvalue weighted by molar-refractivity contribution is -0.136. The van der Waals surface area contributed by atoms with Crippen molar-refractivity contribution < 1.29 is 14.4 Å². The number of nitrogens with one attached hydrogen (secondary N) is 1. The zero-order valence-electron chi connectivity index (χ0n) is 17.3. The molecule has 3 amide bonds. The van der Waals surface area contributed by atoms with E-state index >= 15 is 0 Å². The van der Waals surface area contributed by atoms with Crippen LogP contribution in [0.5, 0.6) is 0 Å². The second kappa shape index (κ2) is 7.90. The zero-order chi connectivity index (χ0) is 21.5. The van der Waals surface area contributed by atoms with E-state index in [9.17, 15) is 14.4 Å². The van der Waals surface area contributed by atoms with Crippen molar-refractivity contribution >= 4 is 17.7 Å². The highest BCUT2D eigenvalue weighted by molar-refractivity contribution is 6.06. The first-order chi connectivity index (χ1) is 15.0. The van der Waals surface area contributed by atoms with E-state index in [1.165, 1.54) is 11.1 Å². The number of hydrogen-bond acceptors (Lipinski definition) is 5. The minimum Gasteiger partial charge on any atom is -0.323 e. The summed E-state index contributed by atoms with van der Waals surface area (Å²) in [5, 5.41) is 2.36. The molecule has 3 aliphatic rings. The number of benzene rings is 2. The number of amides is 3. The van der Waals surface area contributed by atoms with E-state index < -0.39 is 6.04 Å². The maximum atomic E-state index is 13.3. The third kappa shape index (κ3) is 3.64. The molecule has 3 aliphatic heterocycles. The van der Waals surface area contributed by atoms with Crippen LogP contribution >= 0.6 is 0 Å². The van der Waals surface area contributed by atoms with E-state index in [-0.39, 0.29) is 30.2 Å². The van der Waals surface area contributed by atoms with Gasteiger partial charge in [0.25, 0.3) is 5.91 Å². The molecule has 2 unspecified atom stereocenters. The number of imide groups is 1. The Morgan fingerprint density at radius 2 is 1.81 bits per heavy atom. The van der Waals surface area contributed by atoms with E-state index in [0.717, 1.165) is 30.6 Å². The highest BCUT2D eigenvalue weighted by Crippen LogP contribution is 2.31. The predicted molar refractivity (Wildman–Crippen MR) is 115 cm³/mol. The van der Waals surface area contributed by atoms with E-state index in [0.29, 0.717) is 25.1 Å². The molecule has 2 aromatic rings. The summed E-state index contributed by atoms with van der Waals surface area (Å²) in [6.07, 6.45) is 1.56. The minimum atomic E-state index is -0.591. The molecule has 160 valence electrons. The number of nitrogens with zero attached hydrogens (tertiary/aromatic N) is 2. The van der Waals surface area contributed by atoms with Gasteiger partial charge in [-0.1, -0.05) is 42.5 Å². The van der Waals surface area contributed by atoms with Crippen molar-refractivity contribution in [3.05, 3.63) is 70.3 Å². The average Bonchev–Trinajstić information content (AvgIpc) is 3.00. The van der Waals surface area contributed by atoms with Crippen LogP contribution in [-0.4, -0.2) is 46.7 Å². The molecule has 7 heteroatoms. The molecule has 0 bridgehead atoms. The van der Waals surface area contributed by atoms with E-state index in [1.807, 2.05) is 30.3 Å². The van der Waals surface area contributed by atoms with Crippen LogP contribution in [0.4, 0.5) is 0 Å². The Balaban J connectivity index is 1.36. The summed E-state index contributed by atoms with van der Waals surface area (Å²) >= 11 is 0. The van der Waals surface area contributed by atoms with Crippen LogP contribution in [0.25, 0.3) is 0 Å². The molecule has 5 rings (SSSR count). The minimum absolute atomic E-state index is 0.0638. The molecule has 0 radical (unpaired) electrons. The lowest BCUT2D eigenvalue weighted by Crippen LogP contribution is -2.52. The Labute approximate surface area is 181 Å². The Hall–Kier alpha value is -3.03. The number of rotatable bonds is 3. The molecule has 0 aliphatic carbocycles. The van der Waals surface area contributed by atoms with Gasteiger partial charge in [-0.05, 0) is 35.1 Å². The van der Waals surface area contributed by atoms with Crippen molar-refractivity contribution in [2.75, 3.05) is 13.1 Å². The molecule has 7 nitrogen and oxygen atoms in total. The van der Waals surface area contributed by atoms with Gasteiger partial charge in [-0.2, -0.15) is 0 Å². The molecule has 0 saturated carbocycles. The molecule has 1 saturated heterocycles. The topological polar surface area (TPSA) is 95.7 Å². The summed E-state index contributed by atoms with van der Waals surface area (Å²) in [6, 6.07) is 13.6. The van der Waals surface area contributed by atoms with Crippen molar-refractivity contribution in [3.8, 4) is 0 Å². The molecule has 2 atom stereocenters. The van der Waals surface area contributed by atoms with Crippen LogP contribution in [0.15, 0.2) is 42.5 Å². The Morgan fingerprint density at radius 3 is 2.65 bits per heavy atom. The molecule has 0 spiro atoms. The van der Waals surface area contributed by atoms with Crippen molar-refractivity contribution in [2.24, 2.45) is 5.73 Å². The van der Waals surface area contributed by atoms with Crippen LogP contribution in [0.3, 0.4) is 0 Å². The summed E-state index contributed by atoms with van der Waals surface area (Å²) in [5.41, 5.74) is 11.6. The highest BCUT2D eigenvalue weighted by atomic mass is 16.2. The molecule has 31 heavy (non-hydrogen) atoms. The number of hydrogen-bond donors (Lipinski definition) is 2. The molecular weight excluding hydrogens is 392 g/mol. The van der Waals surface area contributed by atoms with Gasteiger partial charge in [-0.3, -0.25) is 24.6 Å². The van der Waals surface area contributed by atoms with Crippen LogP contribution in [0.1, 0.15) is 51.5 Å². The molecular formula is C24H26N4O3. The quantitative estimate of drug-likeness (QED) is 0.737. The van der Waals surface area contributed by atoms with Crippen molar-refractivity contribution in [3.63, 3.8) is 0 Å². The van der Waals surface area contributed by atoms with Gasteiger partial charge in [-0.15, -0.1) is 0 Å². The normalized spacial score (nSPS) is 23.9. The number of nitrogens with two attached hydrogens (primary N) is 1. The number of piperidine rings is 1. The average molecular weight is 418 g/mol. The number of carbonyl (C=O) groups is 3. The third-order valence-electron chi connectivity index (χ3n) is 6.64. The van der Waals surface area contributed by atoms with Crippen LogP contribution < -0.4 is 11.1 Å². The van der Waals surface area contributed by atoms with Gasteiger partial charge in [0, 0.05) is 44.2 Å². The van der Waals surface area contributed by atoms with E-state index in [1.54, 1.807) is 4.90 Å². The monoisotopic (exact) mass is 418 g/mol. The summed E-state index contributed by atoms with van der Waals surface area (Å²) in [6.45, 7) is 2.64. The van der Waals surface area contributed by atoms with Gasteiger partial charge in [-0.25, -0.2) is 0 Å². The van der Waals surface area contributed by atoms with Gasteiger partial charge in [0.2, 0.25) is 11.8 Å². The van der Waals surface area contributed by atoms with Crippen molar-refractivity contribution in [1.82, 2.24) is 15.1 Å². The van der Waals surface area contributed by atoms with E-state index in [2.05, 4.69) is 22.3 Å². The largest absolute Gasteiger partial charge is 0.323 e. The maximum Gasteiger partial charge on any atom is 0.255 e. The summed E-state index contributed by atoms with van der Waals surface area (Å²) in [4.78, 5) is 41.1. The lowest BCUT2D eigenvalue weighted by Gasteiger charge is -2.29. The third-order valence-corrected chi connectivity index (χ3v) is 6.64. The van der Waals surface area contributed by atoms with Crippen LogP contribution in [0.2, 0.25) is 0 Å². The first-order valence-corrected chi connectivity index (χ1v) is 10.8. The standard InChI is InChI=1S/C24H26N4O3/c25-19-14-27(11-10-15-4-1-2-7-18(15)19)12-16-5-3-6-17-13-28(24(31)22(16)17)20-8-9-21(29)26-23(20)30/h1-7,19-20H,8-14,25H2,(H,26,29,30). The Kier molecular flexibility index (Phi) is 5.08. The maximum absolute atomic E-state index is 13.3. The predicted octanol–water partition coefficient (Wildman–Crippen LogP) is 1.51. The molecule has 2 aromatic carbocycles. The number of fused-ring (bicyclic) bond motifs is 2. The highest BCUT2D eigenvalue weighted by Gasteiger charge is 2.40. The fourth-order valence-electron chi connectivity index (χ4n) is 5.08. The van der Waals surface area contributed by atoms with Gasteiger partial charge in [0.1, 0.15) is 6.04 Å². The second-order valence-electron chi connectivity index (χ2n) is 8.64. The molecule has 3 heterocycles. The summed E-state index contributed by atoms with van der Waals surface area (Å²) in [5.74, 6) is -0.776. The van der Waals surface area contributed by atoms with Crippen molar-refractivity contribution in [2.45, 2.75) is 44.4 Å². The van der Waals surface area contributed by atoms with Gasteiger partial charge in [0.05, 0.1) is 0 Å². The fraction of sp³-hybridized carbons (Fsp3) is 0.375. The lowest BCUT2D eigenvalue weighted by atomic mass is 10.0. The molecule has 0 aromatic heterocycles. The van der Waals surface area contributed by atoms with Gasteiger partial charge < -0.3 is 10.6 Å². The Morgan fingerprint density at radius 1 is 1.00 bits per heavy atom. The van der Waals surface area contributed by atoms with Gasteiger partial charge >= 0.3 is 0 Å². The fourth-order valence-corrected chi connectivity index (χ4v) is 5.08. The number of carbonyl (C=O) groups excluding carboxylic acids is 3. The summed E-state index contributed by atoms with van der Waals surface area (Å²) < 4.78 is 0. The first kappa shape index (κ1) is 19.9. The SMILES string of the molecule is NC1CN(Cc2cccc3c2C(=O)N(C2CCC(=O)NC2=O)C3)CCc2ccccc21. The molecule has 1 fully saturated rings. The smallest absolute Gasteiger partial charge is 0.255 e. The summed E-state index contributed by atoms with van der Waals surface area (Å²) in [7, 11) is 0. The first-order valence-electron chi connectivity index (χ1n) is 10.8. The Bertz CT molecular complexity index is 1070. The van der Waals surface area contributed by atoms with Crippen LogP contribution in [-0.2, 0) is 29.1 Å².